The molecule has 2 aromatic rings. The van der Waals surface area contributed by atoms with Crippen LogP contribution in [0.25, 0.3) is 0 Å². The quantitative estimate of drug-likeness (QED) is 0.859. The Bertz CT molecular complexity index is 629. The summed E-state index contributed by atoms with van der Waals surface area (Å²) in [5, 5.41) is 9.41. The molecule has 0 aliphatic rings. The number of carboxylic acid groups (broad SMARTS) is 1. The Kier molecular flexibility index (Phi) is 4.94. The summed E-state index contributed by atoms with van der Waals surface area (Å²) in [6.45, 7) is 0. The van der Waals surface area contributed by atoms with Gasteiger partial charge in [-0.05, 0) is 24.3 Å². The normalized spacial score (nSPS) is 10.1. The standard InChI is InChI=1S/C15H14N2O3S/c1-17(12-5-3-2-4-6-12)14(18)10-21-13-8-7-11(9-16-13)15(19)20/h2-9H,10H2,1H3,(H,19,20). The molecule has 0 aliphatic carbocycles. The van der Waals surface area contributed by atoms with E-state index in [-0.39, 0.29) is 17.2 Å². The first kappa shape index (κ1) is 15.1. The van der Waals surface area contributed by atoms with Gasteiger partial charge in [0.25, 0.3) is 0 Å². The molecular weight excluding hydrogens is 288 g/mol. The van der Waals surface area contributed by atoms with E-state index in [1.807, 2.05) is 30.3 Å². The first-order chi connectivity index (χ1) is 10.1. The molecule has 0 unspecified atom stereocenters. The molecule has 108 valence electrons. The smallest absolute Gasteiger partial charge is 0.337 e. The van der Waals surface area contributed by atoms with Gasteiger partial charge in [0.15, 0.2) is 0 Å². The summed E-state index contributed by atoms with van der Waals surface area (Å²) in [4.78, 5) is 28.4. The number of carboxylic acids is 1. The van der Waals surface area contributed by atoms with Crippen LogP contribution < -0.4 is 4.90 Å². The minimum absolute atomic E-state index is 0.0460. The Balaban J connectivity index is 1.93. The lowest BCUT2D eigenvalue weighted by atomic mass is 10.3. The third-order valence-electron chi connectivity index (χ3n) is 2.84. The van der Waals surface area contributed by atoms with E-state index in [1.165, 1.54) is 24.0 Å². The number of rotatable bonds is 5. The minimum Gasteiger partial charge on any atom is -0.478 e. The van der Waals surface area contributed by atoms with Gasteiger partial charge in [0.2, 0.25) is 5.91 Å². The van der Waals surface area contributed by atoms with Gasteiger partial charge in [-0.2, -0.15) is 0 Å². The molecule has 1 amide bonds. The number of benzene rings is 1. The van der Waals surface area contributed by atoms with Crippen molar-refractivity contribution < 1.29 is 14.7 Å². The van der Waals surface area contributed by atoms with Crippen LogP contribution in [0.15, 0.2) is 53.7 Å². The van der Waals surface area contributed by atoms with Crippen molar-refractivity contribution in [1.29, 1.82) is 0 Å². The number of anilines is 1. The molecule has 0 saturated carbocycles. The number of pyridine rings is 1. The van der Waals surface area contributed by atoms with E-state index in [0.29, 0.717) is 5.03 Å². The zero-order valence-corrected chi connectivity index (χ0v) is 12.2. The number of aromatic nitrogens is 1. The zero-order chi connectivity index (χ0) is 15.2. The number of carbonyl (C=O) groups excluding carboxylic acids is 1. The number of carbonyl (C=O) groups is 2. The van der Waals surface area contributed by atoms with Crippen molar-refractivity contribution in [1.82, 2.24) is 4.98 Å². The molecule has 6 heteroatoms. The van der Waals surface area contributed by atoms with Gasteiger partial charge in [0, 0.05) is 18.9 Å². The summed E-state index contributed by atoms with van der Waals surface area (Å²) >= 11 is 1.28. The lowest BCUT2D eigenvalue weighted by Gasteiger charge is -2.16. The first-order valence-electron chi connectivity index (χ1n) is 6.21. The fourth-order valence-corrected chi connectivity index (χ4v) is 2.38. The second-order valence-electron chi connectivity index (χ2n) is 4.27. The predicted molar refractivity (Wildman–Crippen MR) is 81.8 cm³/mol. The summed E-state index contributed by atoms with van der Waals surface area (Å²) < 4.78 is 0. The van der Waals surface area contributed by atoms with Crippen molar-refractivity contribution in [3.63, 3.8) is 0 Å². The Labute approximate surface area is 126 Å². The Morgan fingerprint density at radius 2 is 1.90 bits per heavy atom. The first-order valence-corrected chi connectivity index (χ1v) is 7.20. The van der Waals surface area contributed by atoms with Gasteiger partial charge in [-0.1, -0.05) is 30.0 Å². The zero-order valence-electron chi connectivity index (χ0n) is 11.4. The monoisotopic (exact) mass is 302 g/mol. The lowest BCUT2D eigenvalue weighted by Crippen LogP contribution is -2.27. The number of hydrogen-bond donors (Lipinski definition) is 1. The van der Waals surface area contributed by atoms with Crippen LogP contribution >= 0.6 is 11.8 Å². The molecule has 1 aromatic heterocycles. The molecule has 0 fully saturated rings. The van der Waals surface area contributed by atoms with Gasteiger partial charge in [-0.15, -0.1) is 0 Å². The van der Waals surface area contributed by atoms with Crippen LogP contribution in [0.4, 0.5) is 5.69 Å². The van der Waals surface area contributed by atoms with Crippen molar-refractivity contribution in [2.75, 3.05) is 17.7 Å². The topological polar surface area (TPSA) is 70.5 Å². The number of thioether (sulfide) groups is 1. The molecule has 1 N–H and O–H groups in total. The van der Waals surface area contributed by atoms with Crippen LogP contribution in [0.3, 0.4) is 0 Å². The van der Waals surface area contributed by atoms with Crippen LogP contribution in [-0.4, -0.2) is 34.8 Å². The van der Waals surface area contributed by atoms with Gasteiger partial charge in [-0.3, -0.25) is 4.79 Å². The van der Waals surface area contributed by atoms with Crippen molar-refractivity contribution in [2.45, 2.75) is 5.03 Å². The summed E-state index contributed by atoms with van der Waals surface area (Å²) in [5.41, 5.74) is 0.962. The molecule has 1 heterocycles. The number of para-hydroxylation sites is 1. The fraction of sp³-hybridized carbons (Fsp3) is 0.133. The van der Waals surface area contributed by atoms with E-state index in [1.54, 1.807) is 18.0 Å². The highest BCUT2D eigenvalue weighted by Gasteiger charge is 2.11. The summed E-state index contributed by atoms with van der Waals surface area (Å²) in [6, 6.07) is 12.4. The van der Waals surface area contributed by atoms with Gasteiger partial charge >= 0.3 is 5.97 Å². The van der Waals surface area contributed by atoms with Crippen molar-refractivity contribution in [3.05, 3.63) is 54.2 Å². The molecule has 0 spiro atoms. The predicted octanol–water partition coefficient (Wildman–Crippen LogP) is 2.53. The van der Waals surface area contributed by atoms with Crippen molar-refractivity contribution in [3.8, 4) is 0 Å². The van der Waals surface area contributed by atoms with Crippen LogP contribution in [0, 0.1) is 0 Å². The largest absolute Gasteiger partial charge is 0.478 e. The molecule has 21 heavy (non-hydrogen) atoms. The molecule has 1 aromatic carbocycles. The maximum Gasteiger partial charge on any atom is 0.337 e. The van der Waals surface area contributed by atoms with E-state index in [2.05, 4.69) is 4.98 Å². The molecule has 0 radical (unpaired) electrons. The lowest BCUT2D eigenvalue weighted by molar-refractivity contribution is -0.115. The summed E-state index contributed by atoms with van der Waals surface area (Å²) in [7, 11) is 1.72. The maximum atomic E-state index is 12.1. The second-order valence-corrected chi connectivity index (χ2v) is 5.26. The highest BCUT2D eigenvalue weighted by molar-refractivity contribution is 7.99. The fourth-order valence-electron chi connectivity index (χ4n) is 1.62. The maximum absolute atomic E-state index is 12.1. The van der Waals surface area contributed by atoms with Gasteiger partial charge in [0.05, 0.1) is 16.3 Å². The Morgan fingerprint density at radius 3 is 2.48 bits per heavy atom. The average molecular weight is 302 g/mol. The highest BCUT2D eigenvalue weighted by atomic mass is 32.2. The Morgan fingerprint density at radius 1 is 1.19 bits per heavy atom. The van der Waals surface area contributed by atoms with Crippen LogP contribution in [-0.2, 0) is 4.79 Å². The van der Waals surface area contributed by atoms with E-state index in [0.717, 1.165) is 5.69 Å². The second kappa shape index (κ2) is 6.90. The minimum atomic E-state index is -1.01. The molecular formula is C15H14N2O3S. The summed E-state index contributed by atoms with van der Waals surface area (Å²) in [5.74, 6) is -0.820. The van der Waals surface area contributed by atoms with Gasteiger partial charge in [-0.25, -0.2) is 9.78 Å². The number of amides is 1. The highest BCUT2D eigenvalue weighted by Crippen LogP contribution is 2.18. The summed E-state index contributed by atoms with van der Waals surface area (Å²) in [6.07, 6.45) is 1.29. The molecule has 0 bridgehead atoms. The number of nitrogens with zero attached hydrogens (tertiary/aromatic N) is 2. The van der Waals surface area contributed by atoms with E-state index in [9.17, 15) is 9.59 Å². The number of aromatic carboxylic acids is 1. The van der Waals surface area contributed by atoms with E-state index < -0.39 is 5.97 Å². The molecule has 2 rings (SSSR count). The van der Waals surface area contributed by atoms with Crippen molar-refractivity contribution >= 4 is 29.3 Å². The SMILES string of the molecule is CN(C(=O)CSc1ccc(C(=O)O)cn1)c1ccccc1. The van der Waals surface area contributed by atoms with Crippen LogP contribution in [0.5, 0.6) is 0 Å². The Hall–Kier alpha value is -2.34. The van der Waals surface area contributed by atoms with Crippen LogP contribution in [0.1, 0.15) is 10.4 Å². The van der Waals surface area contributed by atoms with Crippen LogP contribution in [0.2, 0.25) is 0 Å². The third-order valence-corrected chi connectivity index (χ3v) is 3.77. The molecule has 0 saturated heterocycles. The molecule has 0 atom stereocenters. The third kappa shape index (κ3) is 4.06. The van der Waals surface area contributed by atoms with Gasteiger partial charge < -0.3 is 10.0 Å². The van der Waals surface area contributed by atoms with Crippen molar-refractivity contribution in [2.24, 2.45) is 0 Å². The molecule has 5 nitrogen and oxygen atoms in total. The van der Waals surface area contributed by atoms with Gasteiger partial charge in [0.1, 0.15) is 0 Å². The molecule has 0 aliphatic heterocycles. The van der Waals surface area contributed by atoms with E-state index >= 15 is 0 Å². The average Bonchev–Trinajstić information content (AvgIpc) is 2.53. The number of hydrogen-bond acceptors (Lipinski definition) is 4. The van der Waals surface area contributed by atoms with E-state index in [4.69, 9.17) is 5.11 Å².